The van der Waals surface area contributed by atoms with Crippen molar-refractivity contribution in [1.82, 2.24) is 14.8 Å². The molecule has 1 aromatic carbocycles. The van der Waals surface area contributed by atoms with Gasteiger partial charge in [0, 0.05) is 16.6 Å². The molecule has 0 saturated carbocycles. The van der Waals surface area contributed by atoms with Crippen molar-refractivity contribution in [3.05, 3.63) is 34.1 Å². The predicted molar refractivity (Wildman–Crippen MR) is 85.4 cm³/mol. The first-order valence-electron chi connectivity index (χ1n) is 6.27. The van der Waals surface area contributed by atoms with Crippen LogP contribution in [-0.4, -0.2) is 14.8 Å². The number of alkyl halides is 1. The van der Waals surface area contributed by atoms with Gasteiger partial charge in [-0.2, -0.15) is 0 Å². The van der Waals surface area contributed by atoms with Crippen molar-refractivity contribution in [2.75, 3.05) is 0 Å². The van der Waals surface area contributed by atoms with Gasteiger partial charge in [-0.3, -0.25) is 0 Å². The Morgan fingerprint density at radius 1 is 1.21 bits per heavy atom. The van der Waals surface area contributed by atoms with Gasteiger partial charge < -0.3 is 4.57 Å². The fourth-order valence-electron chi connectivity index (χ4n) is 2.07. The Labute approximate surface area is 130 Å². The number of aryl methyl sites for hydroxylation is 1. The molecule has 0 radical (unpaired) electrons. The van der Waals surface area contributed by atoms with Crippen LogP contribution in [0.5, 0.6) is 0 Å². The van der Waals surface area contributed by atoms with Crippen molar-refractivity contribution in [2.45, 2.75) is 32.6 Å². The highest BCUT2D eigenvalue weighted by Crippen LogP contribution is 2.25. The first kappa shape index (κ1) is 14.7. The summed E-state index contributed by atoms with van der Waals surface area (Å²) in [7, 11) is 0. The van der Waals surface area contributed by atoms with Gasteiger partial charge in [0.25, 0.3) is 0 Å². The highest BCUT2D eigenvalue weighted by atomic mass is 79.9. The number of aromatic nitrogens is 3. The van der Waals surface area contributed by atoms with E-state index in [1.165, 1.54) is 5.56 Å². The summed E-state index contributed by atoms with van der Waals surface area (Å²) in [5, 5.41) is 9.35. The molecule has 5 heteroatoms. The lowest BCUT2D eigenvalue weighted by Crippen LogP contribution is -2.09. The molecular weight excluding hydrogens is 370 g/mol. The summed E-state index contributed by atoms with van der Waals surface area (Å²) in [5.41, 5.74) is 2.32. The largest absolute Gasteiger partial charge is 0.310 e. The Bertz CT molecular complexity index is 556. The van der Waals surface area contributed by atoms with Crippen LogP contribution in [0.3, 0.4) is 0 Å². The van der Waals surface area contributed by atoms with Crippen LogP contribution in [0.1, 0.15) is 25.2 Å². The van der Waals surface area contributed by atoms with E-state index in [2.05, 4.69) is 85.6 Å². The van der Waals surface area contributed by atoms with Crippen LogP contribution in [0.4, 0.5) is 0 Å². The molecule has 2 aromatic rings. The van der Waals surface area contributed by atoms with E-state index < -0.39 is 0 Å². The van der Waals surface area contributed by atoms with Gasteiger partial charge in [-0.25, -0.2) is 0 Å². The molecule has 1 heterocycles. The standard InChI is InChI=1S/C14H17Br2N3/c1-9(2)8-19-13(7-15)17-18-14(19)11-4-10(3)5-12(16)6-11/h4-6,9H,7-8H2,1-3H3. The SMILES string of the molecule is Cc1cc(Br)cc(-c2nnc(CBr)n2CC(C)C)c1. The molecule has 0 amide bonds. The molecule has 3 nitrogen and oxygen atoms in total. The van der Waals surface area contributed by atoms with Gasteiger partial charge in [-0.1, -0.05) is 45.7 Å². The van der Waals surface area contributed by atoms with Gasteiger partial charge >= 0.3 is 0 Å². The van der Waals surface area contributed by atoms with Crippen molar-refractivity contribution in [2.24, 2.45) is 5.92 Å². The molecule has 0 unspecified atom stereocenters. The summed E-state index contributed by atoms with van der Waals surface area (Å²) in [6.07, 6.45) is 0. The van der Waals surface area contributed by atoms with Gasteiger partial charge in [0.05, 0.1) is 5.33 Å². The van der Waals surface area contributed by atoms with Crippen molar-refractivity contribution in [3.63, 3.8) is 0 Å². The van der Waals surface area contributed by atoms with E-state index >= 15 is 0 Å². The first-order valence-corrected chi connectivity index (χ1v) is 8.18. The summed E-state index contributed by atoms with van der Waals surface area (Å²) in [6, 6.07) is 6.33. The molecule has 0 atom stereocenters. The lowest BCUT2D eigenvalue weighted by Gasteiger charge is -2.12. The Morgan fingerprint density at radius 2 is 1.95 bits per heavy atom. The number of nitrogens with zero attached hydrogens (tertiary/aromatic N) is 3. The van der Waals surface area contributed by atoms with Crippen molar-refractivity contribution in [3.8, 4) is 11.4 Å². The van der Waals surface area contributed by atoms with Crippen molar-refractivity contribution >= 4 is 31.9 Å². The second kappa shape index (κ2) is 6.18. The second-order valence-corrected chi connectivity index (χ2v) is 6.57. The van der Waals surface area contributed by atoms with Gasteiger partial charge in [0.2, 0.25) is 0 Å². The molecule has 19 heavy (non-hydrogen) atoms. The summed E-state index contributed by atoms with van der Waals surface area (Å²) in [4.78, 5) is 0. The normalized spacial score (nSPS) is 11.3. The maximum absolute atomic E-state index is 4.35. The van der Waals surface area contributed by atoms with Crippen LogP contribution >= 0.6 is 31.9 Å². The van der Waals surface area contributed by atoms with E-state index in [1.807, 2.05) is 0 Å². The molecule has 0 bridgehead atoms. The highest BCUT2D eigenvalue weighted by molar-refractivity contribution is 9.10. The van der Waals surface area contributed by atoms with Crippen LogP contribution in [0.25, 0.3) is 11.4 Å². The van der Waals surface area contributed by atoms with E-state index in [0.29, 0.717) is 5.92 Å². The highest BCUT2D eigenvalue weighted by Gasteiger charge is 2.14. The summed E-state index contributed by atoms with van der Waals surface area (Å²) in [6.45, 7) is 7.42. The number of benzene rings is 1. The van der Waals surface area contributed by atoms with E-state index in [0.717, 1.165) is 33.6 Å². The molecule has 0 aliphatic carbocycles. The Balaban J connectivity index is 2.51. The summed E-state index contributed by atoms with van der Waals surface area (Å²) < 4.78 is 3.27. The average molecular weight is 387 g/mol. The molecule has 0 N–H and O–H groups in total. The van der Waals surface area contributed by atoms with E-state index in [4.69, 9.17) is 0 Å². The maximum atomic E-state index is 4.35. The molecule has 0 spiro atoms. The minimum absolute atomic E-state index is 0.556. The van der Waals surface area contributed by atoms with Crippen molar-refractivity contribution in [1.29, 1.82) is 0 Å². The maximum Gasteiger partial charge on any atom is 0.164 e. The van der Waals surface area contributed by atoms with Crippen LogP contribution in [0.2, 0.25) is 0 Å². The summed E-state index contributed by atoms with van der Waals surface area (Å²) >= 11 is 7.02. The lowest BCUT2D eigenvalue weighted by molar-refractivity contribution is 0.516. The lowest BCUT2D eigenvalue weighted by atomic mass is 10.1. The molecular formula is C14H17Br2N3. The van der Waals surface area contributed by atoms with Gasteiger partial charge in [0.15, 0.2) is 5.82 Å². The van der Waals surface area contributed by atoms with Gasteiger partial charge in [-0.05, 0) is 36.6 Å². The van der Waals surface area contributed by atoms with Crippen LogP contribution in [-0.2, 0) is 11.9 Å². The Morgan fingerprint density at radius 3 is 2.53 bits per heavy atom. The zero-order valence-corrected chi connectivity index (χ0v) is 14.5. The van der Waals surface area contributed by atoms with Crippen molar-refractivity contribution < 1.29 is 0 Å². The first-order chi connectivity index (χ1) is 9.01. The van der Waals surface area contributed by atoms with Gasteiger partial charge in [0.1, 0.15) is 5.82 Å². The monoisotopic (exact) mass is 385 g/mol. The van der Waals surface area contributed by atoms with Gasteiger partial charge in [-0.15, -0.1) is 10.2 Å². The number of hydrogen-bond acceptors (Lipinski definition) is 2. The topological polar surface area (TPSA) is 30.7 Å². The Hall–Kier alpha value is -0.680. The molecule has 0 fully saturated rings. The Kier molecular flexibility index (Phi) is 4.79. The second-order valence-electron chi connectivity index (χ2n) is 5.10. The van der Waals surface area contributed by atoms with Crippen LogP contribution in [0, 0.1) is 12.8 Å². The molecule has 2 rings (SSSR count). The van der Waals surface area contributed by atoms with E-state index in [9.17, 15) is 0 Å². The number of rotatable bonds is 4. The third-order valence-electron chi connectivity index (χ3n) is 2.79. The number of hydrogen-bond donors (Lipinski definition) is 0. The third kappa shape index (κ3) is 3.45. The van der Waals surface area contributed by atoms with Crippen LogP contribution in [0.15, 0.2) is 22.7 Å². The quantitative estimate of drug-likeness (QED) is 0.720. The minimum atomic E-state index is 0.556. The number of halogens is 2. The molecule has 0 aliphatic rings. The fraction of sp³-hybridized carbons (Fsp3) is 0.429. The van der Waals surface area contributed by atoms with E-state index in [-0.39, 0.29) is 0 Å². The summed E-state index contributed by atoms with van der Waals surface area (Å²) in [5.74, 6) is 2.47. The molecule has 0 saturated heterocycles. The molecule has 1 aromatic heterocycles. The zero-order valence-electron chi connectivity index (χ0n) is 11.3. The third-order valence-corrected chi connectivity index (χ3v) is 3.75. The minimum Gasteiger partial charge on any atom is -0.310 e. The average Bonchev–Trinajstić information content (AvgIpc) is 2.69. The molecule has 0 aliphatic heterocycles. The molecule has 102 valence electrons. The van der Waals surface area contributed by atoms with E-state index in [1.54, 1.807) is 0 Å². The zero-order chi connectivity index (χ0) is 14.0. The fourth-order valence-corrected chi connectivity index (χ4v) is 3.09. The van der Waals surface area contributed by atoms with Crippen LogP contribution < -0.4 is 0 Å². The smallest absolute Gasteiger partial charge is 0.164 e. The predicted octanol–water partition coefficient (Wildman–Crippen LogP) is 4.57.